The van der Waals surface area contributed by atoms with Gasteiger partial charge in [-0.25, -0.2) is 0 Å². The highest BCUT2D eigenvalue weighted by atomic mass is 16.3. The molecule has 0 aliphatic heterocycles. The third kappa shape index (κ3) is 10.1. The highest BCUT2D eigenvalue weighted by Gasteiger charge is 2.34. The van der Waals surface area contributed by atoms with Crippen molar-refractivity contribution in [1.29, 1.82) is 0 Å². The van der Waals surface area contributed by atoms with Gasteiger partial charge in [-0.1, -0.05) is 83.1 Å². The molecule has 0 radical (unpaired) electrons. The Labute approximate surface area is 138 Å². The van der Waals surface area contributed by atoms with Crippen molar-refractivity contribution in [1.82, 2.24) is 0 Å². The Hall–Kier alpha value is -0.740. The zero-order chi connectivity index (χ0) is 16.0. The lowest BCUT2D eigenvalue weighted by atomic mass is 10.0. The maximum atomic E-state index is 9.17. The Balaban J connectivity index is 1.80. The topological polar surface area (TPSA) is 20.2 Å². The molecule has 1 aliphatic rings. The summed E-state index contributed by atoms with van der Waals surface area (Å²) in [4.78, 5) is 0. The molecule has 0 aromatic heterocycles. The van der Waals surface area contributed by atoms with Crippen LogP contribution in [0, 0.1) is 24.2 Å². The summed E-state index contributed by atoms with van der Waals surface area (Å²) < 4.78 is 0. The van der Waals surface area contributed by atoms with Gasteiger partial charge in [-0.2, -0.15) is 0 Å². The maximum Gasteiger partial charge on any atom is 0.133 e. The van der Waals surface area contributed by atoms with Crippen LogP contribution in [0.3, 0.4) is 0 Å². The molecule has 0 bridgehead atoms. The molecule has 3 atom stereocenters. The fourth-order valence-electron chi connectivity index (χ4n) is 3.33. The summed E-state index contributed by atoms with van der Waals surface area (Å²) in [6, 6.07) is 0. The Kier molecular flexibility index (Phi) is 11.2. The fourth-order valence-corrected chi connectivity index (χ4v) is 3.33. The summed E-state index contributed by atoms with van der Waals surface area (Å²) >= 11 is 0. The molecule has 0 aromatic carbocycles. The molecular weight excluding hydrogens is 268 g/mol. The molecule has 126 valence electrons. The molecule has 0 spiro atoms. The van der Waals surface area contributed by atoms with E-state index in [0.29, 0.717) is 0 Å². The third-order valence-corrected chi connectivity index (χ3v) is 4.93. The Morgan fingerprint density at radius 3 is 2.23 bits per heavy atom. The van der Waals surface area contributed by atoms with Crippen molar-refractivity contribution in [3.05, 3.63) is 12.2 Å². The maximum absolute atomic E-state index is 9.17. The molecule has 1 heteroatoms. The number of aliphatic hydroxyl groups excluding tert-OH is 1. The molecule has 2 unspecified atom stereocenters. The first-order valence-corrected chi connectivity index (χ1v) is 9.58. The smallest absolute Gasteiger partial charge is 0.133 e. The van der Waals surface area contributed by atoms with Gasteiger partial charge >= 0.3 is 0 Å². The van der Waals surface area contributed by atoms with Crippen LogP contribution in [0.1, 0.15) is 90.4 Å². The van der Waals surface area contributed by atoms with E-state index in [1.54, 1.807) is 6.08 Å². The summed E-state index contributed by atoms with van der Waals surface area (Å²) in [6.45, 7) is 2.29. The second-order valence-corrected chi connectivity index (χ2v) is 6.99. The number of aliphatic hydroxyl groups is 1. The Bertz CT molecular complexity index is 325. The first-order valence-electron chi connectivity index (χ1n) is 9.58. The minimum Gasteiger partial charge on any atom is -0.377 e. The van der Waals surface area contributed by atoms with Gasteiger partial charge in [0.15, 0.2) is 0 Å². The monoisotopic (exact) mass is 304 g/mol. The van der Waals surface area contributed by atoms with E-state index >= 15 is 0 Å². The molecule has 1 rings (SSSR count). The zero-order valence-corrected chi connectivity index (χ0v) is 14.6. The largest absolute Gasteiger partial charge is 0.377 e. The van der Waals surface area contributed by atoms with Gasteiger partial charge in [-0.3, -0.25) is 0 Å². The van der Waals surface area contributed by atoms with E-state index in [2.05, 4.69) is 12.8 Å². The fraction of sp³-hybridized carbons (Fsp3) is 0.810. The highest BCUT2D eigenvalue weighted by molar-refractivity contribution is 5.05. The van der Waals surface area contributed by atoms with Gasteiger partial charge in [0.05, 0.1) is 0 Å². The van der Waals surface area contributed by atoms with Crippen LogP contribution in [0.5, 0.6) is 0 Å². The van der Waals surface area contributed by atoms with Gasteiger partial charge in [0.1, 0.15) is 6.10 Å². The lowest BCUT2D eigenvalue weighted by molar-refractivity contribution is 0.280. The standard InChI is InChI=1S/C21H36O/c1-3-5-6-12-15-19-18-20(19)16-13-10-8-7-9-11-14-17-21(22)4-2/h2,14,17,19-22H,3,5-13,15-16,18H2,1H3/b17-14+/t19?,20?,21-/m0/s1. The van der Waals surface area contributed by atoms with Gasteiger partial charge in [0, 0.05) is 0 Å². The normalized spacial score (nSPS) is 21.9. The Morgan fingerprint density at radius 1 is 1.00 bits per heavy atom. The number of hydrogen-bond acceptors (Lipinski definition) is 1. The van der Waals surface area contributed by atoms with Crippen molar-refractivity contribution in [2.75, 3.05) is 0 Å². The minimum absolute atomic E-state index is 0.700. The zero-order valence-electron chi connectivity index (χ0n) is 14.6. The van der Waals surface area contributed by atoms with Crippen LogP contribution in [0.2, 0.25) is 0 Å². The van der Waals surface area contributed by atoms with E-state index in [4.69, 9.17) is 11.5 Å². The summed E-state index contributed by atoms with van der Waals surface area (Å²) in [5.74, 6) is 4.46. The lowest BCUT2D eigenvalue weighted by Crippen LogP contribution is -1.95. The van der Waals surface area contributed by atoms with Crippen molar-refractivity contribution in [2.24, 2.45) is 11.8 Å². The van der Waals surface area contributed by atoms with Gasteiger partial charge in [-0.15, -0.1) is 6.42 Å². The molecule has 0 amide bonds. The molecule has 0 aromatic rings. The second kappa shape index (κ2) is 12.8. The highest BCUT2D eigenvalue weighted by Crippen LogP contribution is 2.45. The first kappa shape index (κ1) is 19.3. The van der Waals surface area contributed by atoms with Crippen molar-refractivity contribution in [3.63, 3.8) is 0 Å². The average molecular weight is 305 g/mol. The van der Waals surface area contributed by atoms with Crippen LogP contribution in [0.25, 0.3) is 0 Å². The quantitative estimate of drug-likeness (QED) is 0.241. The van der Waals surface area contributed by atoms with E-state index in [9.17, 15) is 0 Å². The summed E-state index contributed by atoms with van der Waals surface area (Å²) in [6.07, 6.45) is 26.1. The molecule has 0 heterocycles. The molecule has 22 heavy (non-hydrogen) atoms. The van der Waals surface area contributed by atoms with E-state index in [0.717, 1.165) is 18.3 Å². The molecule has 1 fully saturated rings. The van der Waals surface area contributed by atoms with Crippen LogP contribution in [0.4, 0.5) is 0 Å². The SMILES string of the molecule is C#C[C@H](O)/C=C/CCCCCCCC1CC1CCCCCC. The van der Waals surface area contributed by atoms with Gasteiger partial charge in [-0.05, 0) is 37.2 Å². The molecule has 1 nitrogen and oxygen atoms in total. The molecular formula is C21H36O. The summed E-state index contributed by atoms with van der Waals surface area (Å²) in [5.41, 5.74) is 0. The average Bonchev–Trinajstić information content (AvgIpc) is 3.28. The van der Waals surface area contributed by atoms with Crippen molar-refractivity contribution in [2.45, 2.75) is 96.5 Å². The predicted molar refractivity (Wildman–Crippen MR) is 96.7 cm³/mol. The molecule has 1 saturated carbocycles. The Morgan fingerprint density at radius 2 is 1.59 bits per heavy atom. The number of hydrogen-bond donors (Lipinski definition) is 1. The lowest BCUT2D eigenvalue weighted by Gasteiger charge is -2.02. The van der Waals surface area contributed by atoms with E-state index in [1.807, 2.05) is 6.08 Å². The van der Waals surface area contributed by atoms with Crippen LogP contribution in [-0.4, -0.2) is 11.2 Å². The number of unbranched alkanes of at least 4 members (excludes halogenated alkanes) is 8. The number of rotatable bonds is 14. The van der Waals surface area contributed by atoms with Crippen LogP contribution in [-0.2, 0) is 0 Å². The summed E-state index contributed by atoms with van der Waals surface area (Å²) in [5, 5.41) is 9.17. The van der Waals surface area contributed by atoms with E-state index in [1.165, 1.54) is 77.0 Å². The first-order chi connectivity index (χ1) is 10.8. The molecule has 1 aliphatic carbocycles. The van der Waals surface area contributed by atoms with Gasteiger partial charge in [0.25, 0.3) is 0 Å². The van der Waals surface area contributed by atoms with Crippen molar-refractivity contribution < 1.29 is 5.11 Å². The van der Waals surface area contributed by atoms with E-state index in [-0.39, 0.29) is 0 Å². The molecule has 1 N–H and O–H groups in total. The van der Waals surface area contributed by atoms with Gasteiger partial charge < -0.3 is 5.11 Å². The predicted octanol–water partition coefficient (Wildman–Crippen LogP) is 5.87. The molecule has 0 saturated heterocycles. The van der Waals surface area contributed by atoms with E-state index < -0.39 is 6.10 Å². The third-order valence-electron chi connectivity index (χ3n) is 4.93. The van der Waals surface area contributed by atoms with Crippen LogP contribution < -0.4 is 0 Å². The van der Waals surface area contributed by atoms with Gasteiger partial charge in [0.2, 0.25) is 0 Å². The number of terminal acetylenes is 1. The second-order valence-electron chi connectivity index (χ2n) is 6.99. The van der Waals surface area contributed by atoms with Crippen LogP contribution in [0.15, 0.2) is 12.2 Å². The van der Waals surface area contributed by atoms with Crippen molar-refractivity contribution >= 4 is 0 Å². The number of allylic oxidation sites excluding steroid dienone is 1. The minimum atomic E-state index is -0.700. The van der Waals surface area contributed by atoms with Crippen LogP contribution >= 0.6 is 0 Å². The van der Waals surface area contributed by atoms with Crippen molar-refractivity contribution in [3.8, 4) is 12.3 Å². The summed E-state index contributed by atoms with van der Waals surface area (Å²) in [7, 11) is 0.